The maximum absolute atomic E-state index is 12.5. The molecule has 0 aliphatic heterocycles. The Labute approximate surface area is 142 Å². The second kappa shape index (κ2) is 5.25. The van der Waals surface area contributed by atoms with Gasteiger partial charge in [-0.2, -0.15) is 4.98 Å². The van der Waals surface area contributed by atoms with E-state index < -0.39 is 5.69 Å². The van der Waals surface area contributed by atoms with Crippen molar-refractivity contribution in [3.05, 3.63) is 62.5 Å². The number of anilines is 1. The quantitative estimate of drug-likeness (QED) is 0.758. The molecule has 4 rings (SSSR count). The third kappa shape index (κ3) is 2.38. The summed E-state index contributed by atoms with van der Waals surface area (Å²) in [6.07, 6.45) is 2.23. The van der Waals surface area contributed by atoms with E-state index in [1.54, 1.807) is 18.2 Å². The fourth-order valence-corrected chi connectivity index (χ4v) is 3.40. The van der Waals surface area contributed by atoms with Crippen molar-refractivity contribution < 1.29 is 0 Å². The molecular formula is C17H13Cl2N3O. The number of para-hydroxylation sites is 1. The van der Waals surface area contributed by atoms with E-state index >= 15 is 0 Å². The van der Waals surface area contributed by atoms with Crippen LogP contribution in [0.15, 0.2) is 41.2 Å². The van der Waals surface area contributed by atoms with E-state index in [0.29, 0.717) is 32.6 Å². The Balaban J connectivity index is 2.12. The standard InChI is InChI=1S/C17H13Cl2N3O/c18-12-3-1-2-4-14(12)22-15-8-10(9-5-6-9)13(19)7-11(15)16(20)21-17(22)23/h1-4,7-9H,5-6H2,(H2,20,21,23). The van der Waals surface area contributed by atoms with Crippen LogP contribution in [0.5, 0.6) is 0 Å². The van der Waals surface area contributed by atoms with E-state index in [-0.39, 0.29) is 5.82 Å². The van der Waals surface area contributed by atoms with E-state index in [1.165, 1.54) is 4.57 Å². The molecule has 0 atom stereocenters. The van der Waals surface area contributed by atoms with Crippen molar-refractivity contribution >= 4 is 39.9 Å². The van der Waals surface area contributed by atoms with Crippen molar-refractivity contribution in [1.29, 1.82) is 0 Å². The van der Waals surface area contributed by atoms with Crippen molar-refractivity contribution in [2.75, 3.05) is 5.73 Å². The van der Waals surface area contributed by atoms with Crippen molar-refractivity contribution in [3.8, 4) is 5.69 Å². The lowest BCUT2D eigenvalue weighted by atomic mass is 10.1. The van der Waals surface area contributed by atoms with Gasteiger partial charge in [0, 0.05) is 10.4 Å². The van der Waals surface area contributed by atoms with Crippen molar-refractivity contribution in [3.63, 3.8) is 0 Å². The zero-order chi connectivity index (χ0) is 16.1. The summed E-state index contributed by atoms with van der Waals surface area (Å²) in [5, 5.41) is 1.79. The van der Waals surface area contributed by atoms with Crippen LogP contribution in [-0.4, -0.2) is 9.55 Å². The van der Waals surface area contributed by atoms with Crippen LogP contribution in [0.4, 0.5) is 5.82 Å². The maximum Gasteiger partial charge on any atom is 0.354 e. The number of nitrogen functional groups attached to an aromatic ring is 1. The summed E-state index contributed by atoms with van der Waals surface area (Å²) in [6, 6.07) is 10.9. The lowest BCUT2D eigenvalue weighted by molar-refractivity contribution is 0.961. The number of aromatic nitrogens is 2. The number of rotatable bonds is 2. The second-order valence-corrected chi connectivity index (χ2v) is 6.55. The fourth-order valence-electron chi connectivity index (χ4n) is 2.86. The third-order valence-corrected chi connectivity index (χ3v) is 4.80. The molecule has 23 heavy (non-hydrogen) atoms. The molecule has 2 aromatic carbocycles. The first kappa shape index (κ1) is 14.5. The molecule has 1 heterocycles. The lowest BCUT2D eigenvalue weighted by Crippen LogP contribution is -2.23. The topological polar surface area (TPSA) is 60.9 Å². The first-order valence-corrected chi connectivity index (χ1v) is 8.08. The van der Waals surface area contributed by atoms with Gasteiger partial charge >= 0.3 is 5.69 Å². The van der Waals surface area contributed by atoms with Gasteiger partial charge in [-0.1, -0.05) is 35.3 Å². The smallest absolute Gasteiger partial charge is 0.354 e. The molecule has 0 radical (unpaired) electrons. The number of halogens is 2. The van der Waals surface area contributed by atoms with Gasteiger partial charge in [0.15, 0.2) is 0 Å². The molecule has 0 bridgehead atoms. The van der Waals surface area contributed by atoms with Gasteiger partial charge in [-0.15, -0.1) is 0 Å². The summed E-state index contributed by atoms with van der Waals surface area (Å²) in [6.45, 7) is 0. The van der Waals surface area contributed by atoms with Crippen LogP contribution in [0.1, 0.15) is 24.3 Å². The van der Waals surface area contributed by atoms with E-state index in [1.807, 2.05) is 18.2 Å². The van der Waals surface area contributed by atoms with Gasteiger partial charge in [-0.25, -0.2) is 4.79 Å². The molecule has 0 spiro atoms. The first-order valence-electron chi connectivity index (χ1n) is 7.33. The van der Waals surface area contributed by atoms with Crippen molar-refractivity contribution in [2.45, 2.75) is 18.8 Å². The van der Waals surface area contributed by atoms with Crippen LogP contribution in [0.2, 0.25) is 10.0 Å². The first-order chi connectivity index (χ1) is 11.1. The Morgan fingerprint density at radius 1 is 1.13 bits per heavy atom. The molecule has 116 valence electrons. The number of nitrogens with two attached hydrogens (primary N) is 1. The highest BCUT2D eigenvalue weighted by molar-refractivity contribution is 6.33. The Hall–Kier alpha value is -2.04. The Kier molecular flexibility index (Phi) is 3.32. The normalized spacial score (nSPS) is 14.3. The largest absolute Gasteiger partial charge is 0.383 e. The molecule has 6 heteroatoms. The highest BCUT2D eigenvalue weighted by Gasteiger charge is 2.27. The molecular weight excluding hydrogens is 333 g/mol. The SMILES string of the molecule is Nc1nc(=O)n(-c2ccccc2Cl)c2cc(C3CC3)c(Cl)cc12. The fraction of sp³-hybridized carbons (Fsp3) is 0.176. The zero-order valence-electron chi connectivity index (χ0n) is 12.1. The average molecular weight is 346 g/mol. The molecule has 1 aliphatic carbocycles. The highest BCUT2D eigenvalue weighted by atomic mass is 35.5. The van der Waals surface area contributed by atoms with E-state index in [2.05, 4.69) is 4.98 Å². The molecule has 2 N–H and O–H groups in total. The summed E-state index contributed by atoms with van der Waals surface area (Å²) in [7, 11) is 0. The summed E-state index contributed by atoms with van der Waals surface area (Å²) in [4.78, 5) is 16.4. The Morgan fingerprint density at radius 2 is 1.87 bits per heavy atom. The minimum absolute atomic E-state index is 0.178. The predicted molar refractivity (Wildman–Crippen MR) is 93.7 cm³/mol. The van der Waals surface area contributed by atoms with Crippen LogP contribution in [-0.2, 0) is 0 Å². The molecule has 1 fully saturated rings. The molecule has 4 nitrogen and oxygen atoms in total. The Morgan fingerprint density at radius 3 is 2.57 bits per heavy atom. The van der Waals surface area contributed by atoms with Gasteiger partial charge in [0.1, 0.15) is 5.82 Å². The summed E-state index contributed by atoms with van der Waals surface area (Å²) < 4.78 is 1.50. The monoisotopic (exact) mass is 345 g/mol. The number of hydrogen-bond acceptors (Lipinski definition) is 3. The van der Waals surface area contributed by atoms with E-state index in [4.69, 9.17) is 28.9 Å². The highest BCUT2D eigenvalue weighted by Crippen LogP contribution is 2.44. The lowest BCUT2D eigenvalue weighted by Gasteiger charge is -2.14. The van der Waals surface area contributed by atoms with E-state index in [0.717, 1.165) is 18.4 Å². The minimum atomic E-state index is -0.452. The van der Waals surface area contributed by atoms with Crippen LogP contribution in [0.3, 0.4) is 0 Å². The Bertz CT molecular complexity index is 993. The molecule has 1 saturated carbocycles. The average Bonchev–Trinajstić information content (AvgIpc) is 3.34. The van der Waals surface area contributed by atoms with Crippen LogP contribution in [0, 0.1) is 0 Å². The van der Waals surface area contributed by atoms with Gasteiger partial charge in [-0.3, -0.25) is 4.57 Å². The molecule has 0 unspecified atom stereocenters. The molecule has 3 aromatic rings. The van der Waals surface area contributed by atoms with Gasteiger partial charge in [-0.05, 0) is 48.6 Å². The number of fused-ring (bicyclic) bond motifs is 1. The summed E-state index contributed by atoms with van der Waals surface area (Å²) in [5.41, 5.74) is 7.80. The van der Waals surface area contributed by atoms with Crippen LogP contribution in [0.25, 0.3) is 16.6 Å². The van der Waals surface area contributed by atoms with Crippen LogP contribution < -0.4 is 11.4 Å². The van der Waals surface area contributed by atoms with Gasteiger partial charge in [0.25, 0.3) is 0 Å². The van der Waals surface area contributed by atoms with E-state index in [9.17, 15) is 4.79 Å². The molecule has 1 aliphatic rings. The van der Waals surface area contributed by atoms with Crippen molar-refractivity contribution in [2.24, 2.45) is 0 Å². The van der Waals surface area contributed by atoms with Crippen molar-refractivity contribution in [1.82, 2.24) is 9.55 Å². The molecule has 0 saturated heterocycles. The van der Waals surface area contributed by atoms with Gasteiger partial charge < -0.3 is 5.73 Å². The third-order valence-electron chi connectivity index (χ3n) is 4.15. The summed E-state index contributed by atoms with van der Waals surface area (Å²) in [5.74, 6) is 0.633. The zero-order valence-corrected chi connectivity index (χ0v) is 13.6. The molecule has 0 amide bonds. The summed E-state index contributed by atoms with van der Waals surface area (Å²) >= 11 is 12.7. The maximum atomic E-state index is 12.5. The second-order valence-electron chi connectivity index (χ2n) is 5.73. The number of hydrogen-bond donors (Lipinski definition) is 1. The number of nitrogens with zero attached hydrogens (tertiary/aromatic N) is 2. The van der Waals surface area contributed by atoms with Crippen LogP contribution >= 0.6 is 23.2 Å². The predicted octanol–water partition coefficient (Wildman–Crippen LogP) is 4.15. The van der Waals surface area contributed by atoms with Gasteiger partial charge in [0.2, 0.25) is 0 Å². The minimum Gasteiger partial charge on any atom is -0.383 e. The van der Waals surface area contributed by atoms with Gasteiger partial charge in [0.05, 0.1) is 16.2 Å². The number of benzene rings is 2. The molecule has 1 aromatic heterocycles.